The van der Waals surface area contributed by atoms with Gasteiger partial charge in [-0.2, -0.15) is 0 Å². The molecule has 1 heterocycles. The van der Waals surface area contributed by atoms with Crippen LogP contribution in [0.1, 0.15) is 13.8 Å². The Morgan fingerprint density at radius 1 is 1.50 bits per heavy atom. The van der Waals surface area contributed by atoms with E-state index in [0.29, 0.717) is 0 Å². The monoisotopic (exact) mass is 152 g/mol. The van der Waals surface area contributed by atoms with Gasteiger partial charge in [0.05, 0.1) is 5.60 Å². The fourth-order valence-electron chi connectivity index (χ4n) is 0.949. The van der Waals surface area contributed by atoms with Gasteiger partial charge in [0.15, 0.2) is 0 Å². The molecule has 2 nitrogen and oxygen atoms in total. The van der Waals surface area contributed by atoms with Crippen molar-refractivity contribution in [2.24, 2.45) is 0 Å². The fourth-order valence-corrected chi connectivity index (χ4v) is 0.949. The van der Waals surface area contributed by atoms with Gasteiger partial charge in [0.2, 0.25) is 0 Å². The number of aliphatic hydroxyl groups excluding tert-OH is 1. The first-order valence-corrected chi connectivity index (χ1v) is 3.06. The second-order valence-corrected chi connectivity index (χ2v) is 3.06. The van der Waals surface area contributed by atoms with Crippen LogP contribution < -0.4 is 0 Å². The van der Waals surface area contributed by atoms with Gasteiger partial charge in [-0.3, -0.25) is 0 Å². The van der Waals surface area contributed by atoms with Crippen LogP contribution in [-0.2, 0) is 4.74 Å². The number of hydrogen-bond donors (Lipinski definition) is 1. The van der Waals surface area contributed by atoms with Gasteiger partial charge in [0.1, 0.15) is 12.7 Å². The largest absolute Gasteiger partial charge is 0.384 e. The molecule has 0 amide bonds. The van der Waals surface area contributed by atoms with E-state index in [4.69, 9.17) is 5.11 Å². The average Bonchev–Trinajstić information content (AvgIpc) is 1.95. The summed E-state index contributed by atoms with van der Waals surface area (Å²) in [6, 6.07) is 0. The van der Waals surface area contributed by atoms with Gasteiger partial charge in [0, 0.05) is 0 Å². The molecule has 0 radical (unpaired) electrons. The average molecular weight is 152 g/mol. The zero-order valence-electron chi connectivity index (χ0n) is 5.90. The molecule has 0 saturated carbocycles. The summed E-state index contributed by atoms with van der Waals surface area (Å²) in [7, 11) is 0. The molecule has 1 saturated heterocycles. The standard InChI is InChI=1S/C6H10F2O2/c1-5(2)4(9)6(7,8)3-10-5/h4,9H,3H2,1-2H3. The van der Waals surface area contributed by atoms with Gasteiger partial charge >= 0.3 is 0 Å². The summed E-state index contributed by atoms with van der Waals surface area (Å²) in [4.78, 5) is 0. The van der Waals surface area contributed by atoms with E-state index in [1.807, 2.05) is 0 Å². The summed E-state index contributed by atoms with van der Waals surface area (Å²) in [6.07, 6.45) is -1.68. The Labute approximate surface area is 57.8 Å². The number of rotatable bonds is 0. The molecule has 1 atom stereocenters. The van der Waals surface area contributed by atoms with Crippen molar-refractivity contribution in [3.05, 3.63) is 0 Å². The van der Waals surface area contributed by atoms with Crippen molar-refractivity contribution >= 4 is 0 Å². The van der Waals surface area contributed by atoms with Crippen LogP contribution in [0, 0.1) is 0 Å². The molecule has 1 unspecified atom stereocenters. The first-order valence-electron chi connectivity index (χ1n) is 3.06. The molecule has 0 aromatic rings. The topological polar surface area (TPSA) is 29.5 Å². The normalized spacial score (nSPS) is 36.3. The highest BCUT2D eigenvalue weighted by Gasteiger charge is 2.55. The Balaban J connectivity index is 2.77. The van der Waals surface area contributed by atoms with E-state index in [-0.39, 0.29) is 0 Å². The molecule has 1 aliphatic heterocycles. The van der Waals surface area contributed by atoms with Crippen LogP contribution in [0.25, 0.3) is 0 Å². The van der Waals surface area contributed by atoms with Crippen molar-refractivity contribution in [3.63, 3.8) is 0 Å². The third kappa shape index (κ3) is 1.01. The summed E-state index contributed by atoms with van der Waals surface area (Å²) < 4.78 is 29.6. The van der Waals surface area contributed by atoms with Gasteiger partial charge in [-0.1, -0.05) is 0 Å². The van der Waals surface area contributed by atoms with Crippen molar-refractivity contribution in [1.82, 2.24) is 0 Å². The predicted molar refractivity (Wildman–Crippen MR) is 31.0 cm³/mol. The third-order valence-corrected chi connectivity index (χ3v) is 1.70. The van der Waals surface area contributed by atoms with Gasteiger partial charge in [-0.15, -0.1) is 0 Å². The minimum Gasteiger partial charge on any atom is -0.384 e. The summed E-state index contributed by atoms with van der Waals surface area (Å²) >= 11 is 0. The SMILES string of the molecule is CC1(C)OCC(F)(F)C1O. The van der Waals surface area contributed by atoms with E-state index < -0.39 is 24.2 Å². The lowest BCUT2D eigenvalue weighted by atomic mass is 10.0. The Kier molecular flexibility index (Phi) is 1.49. The molecule has 60 valence electrons. The van der Waals surface area contributed by atoms with Crippen LogP contribution in [0.15, 0.2) is 0 Å². The number of alkyl halides is 2. The highest BCUT2D eigenvalue weighted by molar-refractivity contribution is 4.95. The molecular formula is C6H10F2O2. The van der Waals surface area contributed by atoms with E-state index in [9.17, 15) is 8.78 Å². The molecular weight excluding hydrogens is 142 g/mol. The van der Waals surface area contributed by atoms with Crippen LogP contribution in [-0.4, -0.2) is 29.3 Å². The van der Waals surface area contributed by atoms with Crippen molar-refractivity contribution < 1.29 is 18.6 Å². The fraction of sp³-hybridized carbons (Fsp3) is 1.00. The van der Waals surface area contributed by atoms with E-state index in [1.165, 1.54) is 13.8 Å². The molecule has 1 fully saturated rings. The first kappa shape index (κ1) is 7.88. The highest BCUT2D eigenvalue weighted by Crippen LogP contribution is 2.36. The minimum absolute atomic E-state index is 0.679. The number of halogens is 2. The molecule has 10 heavy (non-hydrogen) atoms. The smallest absolute Gasteiger partial charge is 0.299 e. The first-order chi connectivity index (χ1) is 4.36. The van der Waals surface area contributed by atoms with Crippen LogP contribution in [0.5, 0.6) is 0 Å². The molecule has 0 bridgehead atoms. The predicted octanol–water partition coefficient (Wildman–Crippen LogP) is 0.791. The van der Waals surface area contributed by atoms with E-state index in [1.54, 1.807) is 0 Å². The summed E-state index contributed by atoms with van der Waals surface area (Å²) in [6.45, 7) is 2.21. The van der Waals surface area contributed by atoms with Gasteiger partial charge in [-0.25, -0.2) is 8.78 Å². The van der Waals surface area contributed by atoms with Gasteiger partial charge in [0.25, 0.3) is 5.92 Å². The van der Waals surface area contributed by atoms with Crippen molar-refractivity contribution in [2.75, 3.05) is 6.61 Å². The van der Waals surface area contributed by atoms with Crippen molar-refractivity contribution in [1.29, 1.82) is 0 Å². The minimum atomic E-state index is -3.08. The summed E-state index contributed by atoms with van der Waals surface area (Å²) in [5, 5.41) is 8.91. The highest BCUT2D eigenvalue weighted by atomic mass is 19.3. The molecule has 0 aromatic carbocycles. The van der Waals surface area contributed by atoms with Crippen LogP contribution in [0.4, 0.5) is 8.78 Å². The molecule has 1 aliphatic rings. The quantitative estimate of drug-likeness (QED) is 0.556. The van der Waals surface area contributed by atoms with Crippen molar-refractivity contribution in [2.45, 2.75) is 31.5 Å². The maximum absolute atomic E-state index is 12.5. The number of ether oxygens (including phenoxy) is 1. The van der Waals surface area contributed by atoms with Crippen molar-refractivity contribution in [3.8, 4) is 0 Å². The molecule has 0 aromatic heterocycles. The zero-order chi connectivity index (χ0) is 7.99. The Bertz CT molecular complexity index is 129. The van der Waals surface area contributed by atoms with Crippen LogP contribution in [0.3, 0.4) is 0 Å². The Morgan fingerprint density at radius 3 is 2.10 bits per heavy atom. The van der Waals surface area contributed by atoms with E-state index >= 15 is 0 Å². The lowest BCUT2D eigenvalue weighted by molar-refractivity contribution is -0.0930. The molecule has 0 aliphatic carbocycles. The lowest BCUT2D eigenvalue weighted by Gasteiger charge is -2.22. The zero-order valence-corrected chi connectivity index (χ0v) is 5.90. The number of hydrogen-bond acceptors (Lipinski definition) is 2. The Hall–Kier alpha value is -0.220. The molecule has 1 N–H and O–H groups in total. The van der Waals surface area contributed by atoms with Crippen LogP contribution >= 0.6 is 0 Å². The van der Waals surface area contributed by atoms with Crippen LogP contribution in [0.2, 0.25) is 0 Å². The van der Waals surface area contributed by atoms with E-state index in [0.717, 1.165) is 0 Å². The second kappa shape index (κ2) is 1.89. The second-order valence-electron chi connectivity index (χ2n) is 3.06. The summed E-state index contributed by atoms with van der Waals surface area (Å²) in [5.41, 5.74) is -1.11. The third-order valence-electron chi connectivity index (χ3n) is 1.70. The van der Waals surface area contributed by atoms with Gasteiger partial charge < -0.3 is 9.84 Å². The maximum atomic E-state index is 12.5. The lowest BCUT2D eigenvalue weighted by Crippen LogP contribution is -2.41. The Morgan fingerprint density at radius 2 is 2.00 bits per heavy atom. The molecule has 4 heteroatoms. The summed E-state index contributed by atoms with van der Waals surface area (Å²) in [5.74, 6) is -3.08. The molecule has 0 spiro atoms. The van der Waals surface area contributed by atoms with E-state index in [2.05, 4.69) is 4.74 Å². The van der Waals surface area contributed by atoms with Gasteiger partial charge in [-0.05, 0) is 13.8 Å². The number of aliphatic hydroxyl groups is 1. The maximum Gasteiger partial charge on any atom is 0.299 e. The molecule has 1 rings (SSSR count).